The first-order chi connectivity index (χ1) is 12.1. The molecule has 1 heterocycles. The van der Waals surface area contributed by atoms with Crippen molar-refractivity contribution >= 4 is 40.7 Å². The number of anilines is 1. The number of carbonyl (C=O) groups is 2. The largest absolute Gasteiger partial charge is 0.268 e. The van der Waals surface area contributed by atoms with E-state index in [9.17, 15) is 9.59 Å². The van der Waals surface area contributed by atoms with Gasteiger partial charge in [0.05, 0.1) is 16.8 Å². The maximum absolute atomic E-state index is 12.9. The van der Waals surface area contributed by atoms with Crippen molar-refractivity contribution in [1.82, 2.24) is 0 Å². The summed E-state index contributed by atoms with van der Waals surface area (Å²) in [7, 11) is 0. The molecule has 5 rings (SSSR count). The van der Waals surface area contributed by atoms with E-state index >= 15 is 0 Å². The zero-order valence-corrected chi connectivity index (χ0v) is 14.6. The normalized spacial score (nSPS) is 23.3. The molecule has 1 saturated carbocycles. The fourth-order valence-corrected chi connectivity index (χ4v) is 5.16. The van der Waals surface area contributed by atoms with Gasteiger partial charge in [0, 0.05) is 11.8 Å². The number of amides is 2. The molecule has 3 nitrogen and oxygen atoms in total. The number of nitrogens with zero attached hydrogens (tertiary/aromatic N) is 1. The Labute approximate surface area is 154 Å². The quantitative estimate of drug-likeness (QED) is 0.651. The van der Waals surface area contributed by atoms with Crippen LogP contribution in [-0.2, 0) is 0 Å². The van der Waals surface area contributed by atoms with E-state index in [0.717, 1.165) is 29.5 Å². The Kier molecular flexibility index (Phi) is 3.16. The summed E-state index contributed by atoms with van der Waals surface area (Å²) < 4.78 is 0.317. The van der Waals surface area contributed by atoms with Gasteiger partial charge >= 0.3 is 0 Å². The third kappa shape index (κ3) is 1.88. The molecule has 2 aromatic carbocycles. The minimum Gasteiger partial charge on any atom is -0.268 e. The molecule has 1 aliphatic heterocycles. The number of carbonyl (C=O) groups excluding carboxylic acids is 2. The van der Waals surface area contributed by atoms with E-state index in [0.29, 0.717) is 21.3 Å². The van der Waals surface area contributed by atoms with E-state index in [-0.39, 0.29) is 23.7 Å². The fourth-order valence-electron chi connectivity index (χ4n) is 4.63. The topological polar surface area (TPSA) is 37.4 Å². The molecule has 2 bridgehead atoms. The van der Waals surface area contributed by atoms with E-state index in [2.05, 4.69) is 6.07 Å². The summed E-state index contributed by atoms with van der Waals surface area (Å²) in [5.41, 5.74) is 4.78. The van der Waals surface area contributed by atoms with Crippen LogP contribution in [0.3, 0.4) is 0 Å². The first-order valence-electron chi connectivity index (χ1n) is 8.25. The maximum Gasteiger partial charge on any atom is 0.266 e. The molecule has 0 saturated heterocycles. The van der Waals surface area contributed by atoms with Gasteiger partial charge in [-0.1, -0.05) is 47.5 Å². The van der Waals surface area contributed by atoms with Crippen molar-refractivity contribution in [3.63, 3.8) is 0 Å². The monoisotopic (exact) mass is 369 g/mol. The molecule has 2 atom stereocenters. The lowest BCUT2D eigenvalue weighted by Gasteiger charge is -2.23. The van der Waals surface area contributed by atoms with Gasteiger partial charge in [0.15, 0.2) is 0 Å². The molecule has 0 spiro atoms. The van der Waals surface area contributed by atoms with Crippen molar-refractivity contribution in [1.29, 1.82) is 0 Å². The van der Waals surface area contributed by atoms with Crippen LogP contribution in [-0.4, -0.2) is 11.8 Å². The van der Waals surface area contributed by atoms with Gasteiger partial charge in [0.2, 0.25) is 0 Å². The summed E-state index contributed by atoms with van der Waals surface area (Å²) in [4.78, 5) is 27.0. The van der Waals surface area contributed by atoms with Crippen LogP contribution in [0, 0.1) is 0 Å². The molecule has 2 aliphatic carbocycles. The van der Waals surface area contributed by atoms with Gasteiger partial charge in [-0.15, -0.1) is 0 Å². The minimum absolute atomic E-state index is 0.0884. The van der Waals surface area contributed by atoms with Crippen molar-refractivity contribution < 1.29 is 9.59 Å². The second-order valence-electron chi connectivity index (χ2n) is 6.67. The molecular weight excluding hydrogens is 357 g/mol. The molecule has 0 radical (unpaired) electrons. The van der Waals surface area contributed by atoms with Crippen LogP contribution >= 0.6 is 23.2 Å². The summed E-state index contributed by atoms with van der Waals surface area (Å²) in [6.07, 6.45) is 1.94. The molecule has 124 valence electrons. The van der Waals surface area contributed by atoms with Crippen LogP contribution < -0.4 is 4.90 Å². The molecule has 0 aromatic heterocycles. The lowest BCUT2D eigenvalue weighted by atomic mass is 9.90. The molecule has 2 unspecified atom stereocenters. The molecule has 2 aromatic rings. The van der Waals surface area contributed by atoms with Crippen LogP contribution in [0.4, 0.5) is 5.69 Å². The smallest absolute Gasteiger partial charge is 0.266 e. The summed E-state index contributed by atoms with van der Waals surface area (Å²) in [6.45, 7) is 0. The second-order valence-corrected chi connectivity index (χ2v) is 7.62. The van der Waals surface area contributed by atoms with E-state index in [1.165, 1.54) is 4.90 Å². The van der Waals surface area contributed by atoms with Gasteiger partial charge < -0.3 is 0 Å². The van der Waals surface area contributed by atoms with E-state index < -0.39 is 0 Å². The zero-order chi connectivity index (χ0) is 17.3. The van der Waals surface area contributed by atoms with Crippen molar-refractivity contribution in [2.24, 2.45) is 0 Å². The Morgan fingerprint density at radius 3 is 2.16 bits per heavy atom. The Balaban J connectivity index is 1.70. The Morgan fingerprint density at radius 1 is 0.880 bits per heavy atom. The van der Waals surface area contributed by atoms with Gasteiger partial charge in [-0.05, 0) is 47.7 Å². The first-order valence-corrected chi connectivity index (χ1v) is 9.01. The lowest BCUT2D eigenvalue weighted by Crippen LogP contribution is -2.30. The Bertz CT molecular complexity index is 956. The van der Waals surface area contributed by atoms with Crippen molar-refractivity contribution in [3.05, 3.63) is 74.8 Å². The summed E-state index contributed by atoms with van der Waals surface area (Å²) in [5.74, 6) is -0.246. The van der Waals surface area contributed by atoms with Crippen LogP contribution in [0.15, 0.2) is 52.5 Å². The highest BCUT2D eigenvalue weighted by Gasteiger charge is 2.47. The number of benzene rings is 2. The molecule has 1 fully saturated rings. The van der Waals surface area contributed by atoms with Crippen LogP contribution in [0.2, 0.25) is 0 Å². The maximum atomic E-state index is 12.9. The first kappa shape index (κ1) is 15.2. The lowest BCUT2D eigenvalue weighted by molar-refractivity contribution is 0.0926. The SMILES string of the molecule is O=C1c2ccccc2C(=O)N1c1cccc2c1C1CCC2C1=C(Cl)Cl. The van der Waals surface area contributed by atoms with Gasteiger partial charge in [-0.2, -0.15) is 0 Å². The average Bonchev–Trinajstić information content (AvgIpc) is 3.26. The number of fused-ring (bicyclic) bond motifs is 6. The summed E-state index contributed by atoms with van der Waals surface area (Å²) in [5, 5.41) is 0. The fraction of sp³-hybridized carbons (Fsp3) is 0.200. The predicted molar refractivity (Wildman–Crippen MR) is 97.5 cm³/mol. The predicted octanol–water partition coefficient (Wildman–Crippen LogP) is 5.15. The molecule has 2 amide bonds. The average molecular weight is 370 g/mol. The van der Waals surface area contributed by atoms with E-state index in [1.54, 1.807) is 24.3 Å². The van der Waals surface area contributed by atoms with Crippen molar-refractivity contribution in [2.75, 3.05) is 4.90 Å². The molecular formula is C20H13Cl2NO2. The number of hydrogen-bond donors (Lipinski definition) is 0. The van der Waals surface area contributed by atoms with Gasteiger partial charge in [-0.25, -0.2) is 4.90 Å². The highest BCUT2D eigenvalue weighted by molar-refractivity contribution is 6.56. The van der Waals surface area contributed by atoms with E-state index in [1.807, 2.05) is 12.1 Å². The number of rotatable bonds is 1. The van der Waals surface area contributed by atoms with Gasteiger partial charge in [0.1, 0.15) is 4.49 Å². The number of halogens is 2. The van der Waals surface area contributed by atoms with Gasteiger partial charge in [-0.3, -0.25) is 9.59 Å². The number of imide groups is 1. The second kappa shape index (κ2) is 5.20. The third-order valence-corrected chi connectivity index (χ3v) is 6.03. The molecule has 25 heavy (non-hydrogen) atoms. The zero-order valence-electron chi connectivity index (χ0n) is 13.1. The standard InChI is InChI=1S/C20H13Cl2NO2/c21-18(22)17-11-8-9-14(17)16-10(11)6-3-7-15(16)23-19(24)12-4-1-2-5-13(12)20(23)25/h1-7,11,14H,8-9H2. The summed E-state index contributed by atoms with van der Waals surface area (Å²) in [6, 6.07) is 12.8. The van der Waals surface area contributed by atoms with Crippen molar-refractivity contribution in [3.8, 4) is 0 Å². The number of allylic oxidation sites excluding steroid dienone is 1. The van der Waals surface area contributed by atoms with Crippen LogP contribution in [0.5, 0.6) is 0 Å². The number of hydrogen-bond acceptors (Lipinski definition) is 2. The third-order valence-electron chi connectivity index (χ3n) is 5.59. The van der Waals surface area contributed by atoms with E-state index in [4.69, 9.17) is 23.2 Å². The minimum atomic E-state index is -0.265. The molecule has 3 aliphatic rings. The Morgan fingerprint density at radius 2 is 1.52 bits per heavy atom. The molecule has 5 heteroatoms. The molecule has 0 N–H and O–H groups in total. The highest BCUT2D eigenvalue weighted by atomic mass is 35.5. The van der Waals surface area contributed by atoms with Crippen molar-refractivity contribution in [2.45, 2.75) is 24.7 Å². The Hall–Kier alpha value is -2.10. The highest BCUT2D eigenvalue weighted by Crippen LogP contribution is 2.61. The summed E-state index contributed by atoms with van der Waals surface area (Å²) >= 11 is 12.3. The van der Waals surface area contributed by atoms with Crippen LogP contribution in [0.25, 0.3) is 0 Å². The van der Waals surface area contributed by atoms with Crippen LogP contribution in [0.1, 0.15) is 56.5 Å². The van der Waals surface area contributed by atoms with Gasteiger partial charge in [0.25, 0.3) is 11.8 Å².